The number of nitrogens with zero attached hydrogens (tertiary/aromatic N) is 1. The number of methoxy groups -OCH3 is 4. The van der Waals surface area contributed by atoms with Crippen molar-refractivity contribution < 1.29 is 42.4 Å². The number of esters is 2. The molecule has 0 spiro atoms. The molecule has 298 valence electrons. The van der Waals surface area contributed by atoms with Crippen molar-refractivity contribution >= 4 is 50.1 Å². The first-order chi connectivity index (χ1) is 28.7. The molecule has 59 heavy (non-hydrogen) atoms. The number of nitrogens with two attached hydrogens (primary N) is 1. The number of benzene rings is 5. The summed E-state index contributed by atoms with van der Waals surface area (Å²) in [5.74, 6) is 0.683. The van der Waals surface area contributed by atoms with Crippen molar-refractivity contribution in [3.63, 3.8) is 0 Å². The zero-order valence-corrected chi connectivity index (χ0v) is 32.8. The average molecular weight is 793 g/mol. The minimum absolute atomic E-state index is 0.103. The molecule has 0 aliphatic heterocycles. The summed E-state index contributed by atoms with van der Waals surface area (Å²) < 4.78 is 42.3. The molecule has 3 aromatic heterocycles. The predicted octanol–water partition coefficient (Wildman–Crippen LogP) is 8.07. The van der Waals surface area contributed by atoms with Crippen LogP contribution in [0.5, 0.6) is 34.5 Å². The maximum atomic E-state index is 14.2. The van der Waals surface area contributed by atoms with Gasteiger partial charge in [0.15, 0.2) is 34.5 Å². The van der Waals surface area contributed by atoms with Crippen LogP contribution in [0.15, 0.2) is 125 Å². The van der Waals surface area contributed by atoms with E-state index in [0.29, 0.717) is 45.3 Å². The summed E-state index contributed by atoms with van der Waals surface area (Å²) in [7, 11) is 6.06. The second-order valence-electron chi connectivity index (χ2n) is 13.9. The van der Waals surface area contributed by atoms with Crippen LogP contribution in [0.3, 0.4) is 0 Å². The second kappa shape index (κ2) is 16.3. The molecule has 0 aliphatic carbocycles. The third kappa shape index (κ3) is 7.37. The van der Waals surface area contributed by atoms with Crippen molar-refractivity contribution in [3.05, 3.63) is 137 Å². The summed E-state index contributed by atoms with van der Waals surface area (Å²) in [6.45, 7) is 0. The number of hydrogen-bond acceptors (Lipinski definition) is 11. The van der Waals surface area contributed by atoms with Gasteiger partial charge < -0.3 is 43.0 Å². The maximum Gasteiger partial charge on any atom is 0.361 e. The van der Waals surface area contributed by atoms with Gasteiger partial charge in [-0.15, -0.1) is 0 Å². The van der Waals surface area contributed by atoms with Crippen LogP contribution in [-0.2, 0) is 22.4 Å². The van der Waals surface area contributed by atoms with E-state index >= 15 is 0 Å². The zero-order valence-electron chi connectivity index (χ0n) is 32.8. The molecule has 0 radical (unpaired) electrons. The highest BCUT2D eigenvalue weighted by molar-refractivity contribution is 6.22. The van der Waals surface area contributed by atoms with Crippen molar-refractivity contribution in [2.45, 2.75) is 25.3 Å². The first kappa shape index (κ1) is 38.6. The van der Waals surface area contributed by atoms with Gasteiger partial charge in [0.25, 0.3) is 0 Å². The number of hydrogen-bond donors (Lipinski definition) is 1. The van der Waals surface area contributed by atoms with Crippen molar-refractivity contribution in [1.29, 1.82) is 0 Å². The highest BCUT2D eigenvalue weighted by Gasteiger charge is 2.26. The topological polar surface area (TPSA) is 150 Å². The minimum atomic E-state index is -0.923. The lowest BCUT2D eigenvalue weighted by molar-refractivity contribution is -0.136. The number of fused-ring (bicyclic) bond motifs is 7. The van der Waals surface area contributed by atoms with Gasteiger partial charge in [0.05, 0.1) is 34.0 Å². The number of carbonyl (C=O) groups is 2. The van der Waals surface area contributed by atoms with Crippen LogP contribution in [-0.4, -0.2) is 50.8 Å². The Balaban J connectivity index is 1.30. The van der Waals surface area contributed by atoms with E-state index < -0.39 is 23.6 Å². The fraction of sp³-hybridized carbons (Fsp3) is 0.170. The summed E-state index contributed by atoms with van der Waals surface area (Å²) in [6.07, 6.45) is 2.69. The van der Waals surface area contributed by atoms with Gasteiger partial charge in [0.1, 0.15) is 17.1 Å². The summed E-state index contributed by atoms with van der Waals surface area (Å²) in [5, 5.41) is 2.57. The van der Waals surface area contributed by atoms with Crippen molar-refractivity contribution in [2.24, 2.45) is 5.73 Å². The van der Waals surface area contributed by atoms with Crippen LogP contribution in [0.25, 0.3) is 49.3 Å². The second-order valence-corrected chi connectivity index (χ2v) is 13.9. The molecule has 1 atom stereocenters. The molecule has 2 N–H and O–H groups in total. The Kier molecular flexibility index (Phi) is 10.6. The number of aryl methyl sites for hydroxylation is 1. The number of pyridine rings is 1. The Morgan fingerprint density at radius 1 is 0.661 bits per heavy atom. The van der Waals surface area contributed by atoms with Gasteiger partial charge in [-0.1, -0.05) is 66.7 Å². The van der Waals surface area contributed by atoms with Crippen LogP contribution >= 0.6 is 0 Å². The van der Waals surface area contributed by atoms with Gasteiger partial charge in [-0.05, 0) is 71.3 Å². The number of rotatable bonds is 13. The summed E-state index contributed by atoms with van der Waals surface area (Å²) in [6, 6.07) is 32.1. The normalized spacial score (nSPS) is 11.8. The van der Waals surface area contributed by atoms with Crippen molar-refractivity contribution in [3.8, 4) is 45.6 Å². The molecule has 12 nitrogen and oxygen atoms in total. The summed E-state index contributed by atoms with van der Waals surface area (Å²) in [4.78, 5) is 40.5. The molecule has 8 rings (SSSR count). The van der Waals surface area contributed by atoms with E-state index in [-0.39, 0.29) is 46.9 Å². The van der Waals surface area contributed by atoms with E-state index in [4.69, 9.17) is 38.6 Å². The van der Waals surface area contributed by atoms with E-state index in [1.165, 1.54) is 20.3 Å². The fourth-order valence-electron chi connectivity index (χ4n) is 7.46. The predicted molar refractivity (Wildman–Crippen MR) is 224 cm³/mol. The van der Waals surface area contributed by atoms with Gasteiger partial charge in [-0.2, -0.15) is 0 Å². The number of ether oxygens (including phenoxy) is 6. The Labute approximate surface area is 338 Å². The van der Waals surface area contributed by atoms with Crippen molar-refractivity contribution in [2.75, 3.05) is 28.4 Å². The molecular formula is C47H40N2O10. The van der Waals surface area contributed by atoms with Crippen LogP contribution in [0.2, 0.25) is 0 Å². The van der Waals surface area contributed by atoms with Gasteiger partial charge in [-0.3, -0.25) is 4.79 Å². The van der Waals surface area contributed by atoms with E-state index in [1.807, 2.05) is 78.9 Å². The minimum Gasteiger partial charge on any atom is -0.493 e. The molecule has 12 heteroatoms. The van der Waals surface area contributed by atoms with Crippen LogP contribution in [0.1, 0.15) is 17.5 Å². The van der Waals surface area contributed by atoms with Gasteiger partial charge in [0.2, 0.25) is 0 Å². The number of carbonyl (C=O) groups excluding carboxylic acids is 2. The molecule has 0 aliphatic rings. The highest BCUT2D eigenvalue weighted by Crippen LogP contribution is 2.46. The first-order valence-electron chi connectivity index (χ1n) is 18.8. The molecule has 5 aromatic carbocycles. The van der Waals surface area contributed by atoms with Crippen molar-refractivity contribution in [1.82, 2.24) is 4.40 Å². The van der Waals surface area contributed by atoms with E-state index in [1.54, 1.807) is 49.1 Å². The third-order valence-electron chi connectivity index (χ3n) is 10.3. The molecule has 0 saturated heterocycles. The molecule has 0 unspecified atom stereocenters. The molecular weight excluding hydrogens is 753 g/mol. The maximum absolute atomic E-state index is 14.2. The quantitative estimate of drug-likeness (QED) is 0.0686. The standard InChI is InChI=1S/C47H40N2O10/c1-53-36-23-30(16-17-34(36)58-46(51)33(48)21-28-13-9-6-10-14-28)42-43-32-25-39(56-4)40(57-41(50)18-15-27-11-7-5-8-12-27)26-35(32)59-47(52)45(43)49-20-19-29-22-37(54-2)38(55-3)24-31(29)44(42)49/h5-14,16-17,19-20,22-26,33H,15,18,21,48H2,1-4H3/t33-/m0/s1. The van der Waals surface area contributed by atoms with Gasteiger partial charge >= 0.3 is 17.6 Å². The summed E-state index contributed by atoms with van der Waals surface area (Å²) in [5.41, 5.74) is 9.83. The van der Waals surface area contributed by atoms with E-state index in [9.17, 15) is 14.4 Å². The Bertz CT molecular complexity index is 2940. The molecule has 0 bridgehead atoms. The average Bonchev–Trinajstić information content (AvgIpc) is 3.62. The Morgan fingerprint density at radius 2 is 1.29 bits per heavy atom. The van der Waals surface area contributed by atoms with Gasteiger partial charge in [0, 0.05) is 40.4 Å². The SMILES string of the molecule is COc1cc2ccn3c(c(-c4ccc(OC(=O)[C@@H](N)Cc5ccccc5)c(OC)c4)c4c5cc(OC)c(OC(=O)CCc6ccccc6)cc5oc(=O)c43)c2cc1OC. The zero-order chi connectivity index (χ0) is 41.2. The molecule has 0 saturated carbocycles. The lowest BCUT2D eigenvalue weighted by Crippen LogP contribution is -2.36. The van der Waals surface area contributed by atoms with E-state index in [0.717, 1.165) is 21.9 Å². The fourth-order valence-corrected chi connectivity index (χ4v) is 7.46. The van der Waals surface area contributed by atoms with E-state index in [2.05, 4.69) is 0 Å². The largest absolute Gasteiger partial charge is 0.493 e. The monoisotopic (exact) mass is 792 g/mol. The Hall–Kier alpha value is -7.31. The molecule has 0 amide bonds. The third-order valence-corrected chi connectivity index (χ3v) is 10.3. The molecule has 8 aromatic rings. The van der Waals surface area contributed by atoms with Crippen LogP contribution in [0.4, 0.5) is 0 Å². The smallest absolute Gasteiger partial charge is 0.361 e. The van der Waals surface area contributed by atoms with Crippen LogP contribution < -0.4 is 39.8 Å². The summed E-state index contributed by atoms with van der Waals surface area (Å²) >= 11 is 0. The first-order valence-corrected chi connectivity index (χ1v) is 18.8. The lowest BCUT2D eigenvalue weighted by atomic mass is 9.97. The number of aromatic nitrogens is 1. The molecule has 3 heterocycles. The lowest BCUT2D eigenvalue weighted by Gasteiger charge is -2.15. The van der Waals surface area contributed by atoms with Crippen LogP contribution in [0, 0.1) is 0 Å². The Morgan fingerprint density at radius 3 is 1.98 bits per heavy atom. The highest BCUT2D eigenvalue weighted by atomic mass is 16.6. The molecule has 0 fully saturated rings. The van der Waals surface area contributed by atoms with Gasteiger partial charge in [-0.25, -0.2) is 9.59 Å².